The standard InChI is InChI=1S/C13H16O4S.C7H12O3.C5H8O2/c1-4-12(10(3)13(14)15)18(16,17)11-7-5-9(2)6-8-11;1-3-4-6(8)5(2)7(9)10;1-3-4(2)5(6)7/h5-8H,4H2,1-3H3,(H,14,15);8H,3-4H2,1-2H3,(H,9,10);3H,1-2H3,(H,6,7)/b12-10+;6-5+;4-3+. The van der Waals surface area contributed by atoms with E-state index in [1.54, 1.807) is 39.0 Å². The van der Waals surface area contributed by atoms with E-state index in [-0.39, 0.29) is 33.1 Å². The molecular formula is C25H36O9S. The van der Waals surface area contributed by atoms with Crippen LogP contribution in [0.5, 0.6) is 0 Å². The molecule has 9 nitrogen and oxygen atoms in total. The van der Waals surface area contributed by atoms with Crippen LogP contribution in [0.1, 0.15) is 66.4 Å². The SMILES string of the molecule is C/C=C(\C)C(=O)O.CC/C(=C(/C)C(=O)O)S(=O)(=O)c1ccc(C)cc1.CCC/C(O)=C(/C)C(=O)O. The minimum Gasteiger partial charge on any atom is -0.512 e. The number of aliphatic hydroxyl groups excluding tert-OH is 1. The first-order valence-electron chi connectivity index (χ1n) is 10.8. The van der Waals surface area contributed by atoms with E-state index in [1.165, 1.54) is 26.0 Å². The first kappa shape index (κ1) is 33.8. The molecule has 0 bridgehead atoms. The van der Waals surface area contributed by atoms with Gasteiger partial charge in [0.15, 0.2) is 0 Å². The second-order valence-electron chi connectivity index (χ2n) is 7.43. The number of carboxylic acid groups (broad SMARTS) is 3. The van der Waals surface area contributed by atoms with E-state index in [4.69, 9.17) is 20.4 Å². The van der Waals surface area contributed by atoms with Crippen molar-refractivity contribution in [2.24, 2.45) is 0 Å². The predicted molar refractivity (Wildman–Crippen MR) is 134 cm³/mol. The fourth-order valence-electron chi connectivity index (χ4n) is 2.31. The van der Waals surface area contributed by atoms with Crippen molar-refractivity contribution in [2.45, 2.75) is 72.6 Å². The van der Waals surface area contributed by atoms with Gasteiger partial charge in [0, 0.05) is 17.6 Å². The third-order valence-electron chi connectivity index (χ3n) is 4.73. The summed E-state index contributed by atoms with van der Waals surface area (Å²) in [4.78, 5) is 31.1. The summed E-state index contributed by atoms with van der Waals surface area (Å²) in [5.74, 6) is -3.12. The molecule has 0 atom stereocenters. The van der Waals surface area contributed by atoms with Crippen molar-refractivity contribution in [1.29, 1.82) is 0 Å². The van der Waals surface area contributed by atoms with Crippen LogP contribution in [0, 0.1) is 6.92 Å². The number of hydrogen-bond acceptors (Lipinski definition) is 6. The van der Waals surface area contributed by atoms with Gasteiger partial charge in [0.25, 0.3) is 0 Å². The van der Waals surface area contributed by atoms with Gasteiger partial charge in [0.2, 0.25) is 9.84 Å². The summed E-state index contributed by atoms with van der Waals surface area (Å²) in [5.41, 5.74) is 1.26. The second-order valence-corrected chi connectivity index (χ2v) is 9.40. The Balaban J connectivity index is 0. The van der Waals surface area contributed by atoms with Crippen LogP contribution in [-0.2, 0) is 24.2 Å². The molecular weight excluding hydrogens is 476 g/mol. The van der Waals surface area contributed by atoms with Crippen LogP contribution in [0.3, 0.4) is 0 Å². The predicted octanol–water partition coefficient (Wildman–Crippen LogP) is 5.28. The normalized spacial score (nSPS) is 12.6. The fourth-order valence-corrected chi connectivity index (χ4v) is 3.96. The summed E-state index contributed by atoms with van der Waals surface area (Å²) in [6.45, 7) is 11.3. The van der Waals surface area contributed by atoms with Crippen LogP contribution >= 0.6 is 0 Å². The van der Waals surface area contributed by atoms with E-state index in [0.29, 0.717) is 12.0 Å². The second kappa shape index (κ2) is 16.3. The Bertz CT molecular complexity index is 1070. The lowest BCUT2D eigenvalue weighted by molar-refractivity contribution is -0.133. The Kier molecular flexibility index (Phi) is 15.7. The van der Waals surface area contributed by atoms with Gasteiger partial charge in [0.05, 0.1) is 15.4 Å². The lowest BCUT2D eigenvalue weighted by atomic mass is 10.2. The number of rotatable bonds is 8. The van der Waals surface area contributed by atoms with Gasteiger partial charge in [0.1, 0.15) is 5.76 Å². The molecule has 0 aliphatic carbocycles. The molecule has 0 fully saturated rings. The molecule has 1 aromatic carbocycles. The van der Waals surface area contributed by atoms with Crippen molar-refractivity contribution in [1.82, 2.24) is 0 Å². The molecule has 4 N–H and O–H groups in total. The first-order valence-corrected chi connectivity index (χ1v) is 12.3. The van der Waals surface area contributed by atoms with E-state index in [0.717, 1.165) is 12.0 Å². The average Bonchev–Trinajstić information content (AvgIpc) is 2.79. The van der Waals surface area contributed by atoms with Gasteiger partial charge in [-0.25, -0.2) is 22.8 Å². The first-order chi connectivity index (χ1) is 16.1. The zero-order chi connectivity index (χ0) is 27.9. The fraction of sp³-hybridized carbons (Fsp3) is 0.400. The van der Waals surface area contributed by atoms with Crippen molar-refractivity contribution >= 4 is 27.7 Å². The van der Waals surface area contributed by atoms with E-state index < -0.39 is 27.7 Å². The number of allylic oxidation sites excluding steroid dienone is 3. The highest BCUT2D eigenvalue weighted by atomic mass is 32.2. The van der Waals surface area contributed by atoms with E-state index in [2.05, 4.69) is 0 Å². The number of benzene rings is 1. The molecule has 0 unspecified atom stereocenters. The van der Waals surface area contributed by atoms with Gasteiger partial charge in [-0.15, -0.1) is 0 Å². The third-order valence-corrected chi connectivity index (χ3v) is 6.86. The Morgan fingerprint density at radius 1 is 0.829 bits per heavy atom. The van der Waals surface area contributed by atoms with Gasteiger partial charge in [-0.05, 0) is 59.6 Å². The average molecular weight is 513 g/mol. The number of aryl methyl sites for hydroxylation is 1. The minimum absolute atomic E-state index is 0.0185. The highest BCUT2D eigenvalue weighted by Gasteiger charge is 2.23. The Morgan fingerprint density at radius 2 is 1.29 bits per heavy atom. The van der Waals surface area contributed by atoms with Crippen LogP contribution in [0.15, 0.2) is 62.6 Å². The van der Waals surface area contributed by atoms with Gasteiger partial charge in [-0.1, -0.05) is 37.6 Å². The van der Waals surface area contributed by atoms with Crippen molar-refractivity contribution in [3.63, 3.8) is 0 Å². The van der Waals surface area contributed by atoms with Crippen molar-refractivity contribution in [3.05, 3.63) is 63.3 Å². The van der Waals surface area contributed by atoms with Gasteiger partial charge < -0.3 is 20.4 Å². The van der Waals surface area contributed by atoms with E-state index in [1.807, 2.05) is 13.8 Å². The van der Waals surface area contributed by atoms with Gasteiger partial charge in [-0.2, -0.15) is 0 Å². The Hall–Kier alpha value is -3.40. The number of carboxylic acids is 3. The molecule has 0 aromatic heterocycles. The summed E-state index contributed by atoms with van der Waals surface area (Å²) >= 11 is 0. The van der Waals surface area contributed by atoms with Crippen molar-refractivity contribution < 1.29 is 43.2 Å². The number of aliphatic carboxylic acids is 3. The molecule has 0 spiro atoms. The maximum atomic E-state index is 12.3. The van der Waals surface area contributed by atoms with E-state index >= 15 is 0 Å². The highest BCUT2D eigenvalue weighted by Crippen LogP contribution is 2.25. The maximum Gasteiger partial charge on any atom is 0.334 e. The van der Waals surface area contributed by atoms with Crippen LogP contribution < -0.4 is 0 Å². The Morgan fingerprint density at radius 3 is 1.57 bits per heavy atom. The number of aliphatic hydroxyl groups is 1. The summed E-state index contributed by atoms with van der Waals surface area (Å²) in [5, 5.41) is 34.4. The van der Waals surface area contributed by atoms with Crippen molar-refractivity contribution in [3.8, 4) is 0 Å². The molecule has 0 aliphatic heterocycles. The number of sulfone groups is 1. The lowest BCUT2D eigenvalue weighted by Gasteiger charge is -2.09. The largest absolute Gasteiger partial charge is 0.512 e. The van der Waals surface area contributed by atoms with Crippen molar-refractivity contribution in [2.75, 3.05) is 0 Å². The van der Waals surface area contributed by atoms with E-state index in [9.17, 15) is 22.8 Å². The zero-order valence-corrected chi connectivity index (χ0v) is 22.1. The highest BCUT2D eigenvalue weighted by molar-refractivity contribution is 7.95. The molecule has 0 saturated heterocycles. The topological polar surface area (TPSA) is 166 Å². The van der Waals surface area contributed by atoms with Crippen LogP contribution in [0.4, 0.5) is 0 Å². The number of hydrogen-bond donors (Lipinski definition) is 4. The molecule has 0 amide bonds. The molecule has 0 saturated carbocycles. The Labute approximate surface area is 207 Å². The van der Waals surface area contributed by atoms with Gasteiger partial charge >= 0.3 is 17.9 Å². The summed E-state index contributed by atoms with van der Waals surface area (Å²) < 4.78 is 24.6. The molecule has 0 aliphatic rings. The molecule has 10 heteroatoms. The van der Waals surface area contributed by atoms with Gasteiger partial charge in [-0.3, -0.25) is 0 Å². The molecule has 1 rings (SSSR count). The molecule has 0 heterocycles. The molecule has 35 heavy (non-hydrogen) atoms. The minimum atomic E-state index is -3.71. The molecule has 1 aromatic rings. The summed E-state index contributed by atoms with van der Waals surface area (Å²) in [6.07, 6.45) is 2.92. The van der Waals surface area contributed by atoms with Crippen LogP contribution in [-0.4, -0.2) is 46.8 Å². The summed E-state index contributed by atoms with van der Waals surface area (Å²) in [7, 11) is -3.71. The quantitative estimate of drug-likeness (QED) is 0.268. The maximum absolute atomic E-state index is 12.3. The number of carbonyl (C=O) groups is 3. The van der Waals surface area contributed by atoms with Crippen LogP contribution in [0.25, 0.3) is 0 Å². The summed E-state index contributed by atoms with van der Waals surface area (Å²) in [6, 6.07) is 6.37. The lowest BCUT2D eigenvalue weighted by Crippen LogP contribution is -2.10. The smallest absolute Gasteiger partial charge is 0.334 e. The third kappa shape index (κ3) is 12.0. The zero-order valence-electron chi connectivity index (χ0n) is 21.2. The molecule has 196 valence electrons. The van der Waals surface area contributed by atoms with Crippen LogP contribution in [0.2, 0.25) is 0 Å². The monoisotopic (exact) mass is 512 g/mol. The molecule has 0 radical (unpaired) electrons.